The van der Waals surface area contributed by atoms with Crippen LogP contribution in [0.3, 0.4) is 0 Å². The predicted octanol–water partition coefficient (Wildman–Crippen LogP) is 3.98. The van der Waals surface area contributed by atoms with E-state index in [1.807, 2.05) is 54.6 Å². The molecule has 1 atom stereocenters. The van der Waals surface area contributed by atoms with Crippen LogP contribution in [0.4, 0.5) is 0 Å². The third-order valence-electron chi connectivity index (χ3n) is 4.12. The molecule has 25 heavy (non-hydrogen) atoms. The lowest BCUT2D eigenvalue weighted by atomic mass is 9.95. The molecule has 2 aromatic rings. The Kier molecular flexibility index (Phi) is 5.39. The minimum absolute atomic E-state index is 0.0938. The number of carbonyl (C=O) groups excluding carboxylic acids is 1. The molecule has 0 fully saturated rings. The van der Waals surface area contributed by atoms with Gasteiger partial charge in [0.05, 0.1) is 6.04 Å². The third kappa shape index (κ3) is 4.41. The van der Waals surface area contributed by atoms with Crippen LogP contribution in [-0.4, -0.2) is 19.1 Å². The van der Waals surface area contributed by atoms with Gasteiger partial charge in [0, 0.05) is 6.08 Å². The molecule has 1 amide bonds. The lowest BCUT2D eigenvalue weighted by Crippen LogP contribution is -2.30. The van der Waals surface area contributed by atoms with Crippen LogP contribution >= 0.6 is 0 Å². The molecule has 1 heterocycles. The summed E-state index contributed by atoms with van der Waals surface area (Å²) in [6.07, 6.45) is 3.39. The Labute approximate surface area is 148 Å². The number of benzene rings is 2. The Morgan fingerprint density at radius 3 is 2.48 bits per heavy atom. The highest BCUT2D eigenvalue weighted by molar-refractivity contribution is 5.92. The number of nitrogens with one attached hydrogen (secondary N) is 1. The SMILES string of the molecule is CC(C)C(NC(=O)/C=C/c1ccccc1)c1ccc2c(c1)OCCO2. The van der Waals surface area contributed by atoms with E-state index < -0.39 is 0 Å². The van der Waals surface area contributed by atoms with Crippen LogP contribution < -0.4 is 14.8 Å². The lowest BCUT2D eigenvalue weighted by molar-refractivity contribution is -0.117. The molecule has 1 N–H and O–H groups in total. The molecule has 4 heteroatoms. The molecule has 0 saturated heterocycles. The van der Waals surface area contributed by atoms with Gasteiger partial charge in [-0.05, 0) is 35.3 Å². The van der Waals surface area contributed by atoms with E-state index in [2.05, 4.69) is 19.2 Å². The molecule has 1 aliphatic rings. The fourth-order valence-electron chi connectivity index (χ4n) is 2.83. The molecule has 1 unspecified atom stereocenters. The van der Waals surface area contributed by atoms with Gasteiger partial charge in [-0.15, -0.1) is 0 Å². The maximum absolute atomic E-state index is 12.3. The van der Waals surface area contributed by atoms with Gasteiger partial charge in [0.2, 0.25) is 5.91 Å². The highest BCUT2D eigenvalue weighted by Gasteiger charge is 2.20. The molecule has 0 saturated carbocycles. The highest BCUT2D eigenvalue weighted by Crippen LogP contribution is 2.34. The summed E-state index contributed by atoms with van der Waals surface area (Å²) in [7, 11) is 0. The van der Waals surface area contributed by atoms with Crippen LogP contribution in [-0.2, 0) is 4.79 Å². The number of hydrogen-bond acceptors (Lipinski definition) is 3. The van der Waals surface area contributed by atoms with Crippen LogP contribution in [0.25, 0.3) is 6.08 Å². The van der Waals surface area contributed by atoms with E-state index in [1.54, 1.807) is 6.08 Å². The maximum Gasteiger partial charge on any atom is 0.244 e. The van der Waals surface area contributed by atoms with Crippen molar-refractivity contribution in [2.75, 3.05) is 13.2 Å². The summed E-state index contributed by atoms with van der Waals surface area (Å²) in [4.78, 5) is 12.3. The predicted molar refractivity (Wildman–Crippen MR) is 98.6 cm³/mol. The van der Waals surface area contributed by atoms with Crippen molar-refractivity contribution in [1.29, 1.82) is 0 Å². The number of amides is 1. The van der Waals surface area contributed by atoms with Gasteiger partial charge in [-0.3, -0.25) is 4.79 Å². The summed E-state index contributed by atoms with van der Waals surface area (Å²) in [5, 5.41) is 3.09. The molecule has 0 bridgehead atoms. The largest absolute Gasteiger partial charge is 0.486 e. The lowest BCUT2D eigenvalue weighted by Gasteiger charge is -2.25. The van der Waals surface area contributed by atoms with Crippen molar-refractivity contribution in [3.05, 3.63) is 65.7 Å². The number of fused-ring (bicyclic) bond motifs is 1. The molecule has 2 aromatic carbocycles. The van der Waals surface area contributed by atoms with Crippen molar-refractivity contribution in [3.63, 3.8) is 0 Å². The van der Waals surface area contributed by atoms with Gasteiger partial charge < -0.3 is 14.8 Å². The minimum atomic E-state index is -0.113. The van der Waals surface area contributed by atoms with Gasteiger partial charge in [-0.2, -0.15) is 0 Å². The summed E-state index contributed by atoms with van der Waals surface area (Å²) in [6, 6.07) is 15.5. The summed E-state index contributed by atoms with van der Waals surface area (Å²) < 4.78 is 11.2. The Bertz CT molecular complexity index is 753. The van der Waals surface area contributed by atoms with Gasteiger partial charge in [0.15, 0.2) is 11.5 Å². The van der Waals surface area contributed by atoms with Gasteiger partial charge in [-0.25, -0.2) is 0 Å². The van der Waals surface area contributed by atoms with Gasteiger partial charge in [0.25, 0.3) is 0 Å². The molecule has 3 rings (SSSR count). The number of carbonyl (C=O) groups is 1. The Morgan fingerprint density at radius 1 is 1.04 bits per heavy atom. The Morgan fingerprint density at radius 2 is 1.76 bits per heavy atom. The zero-order valence-electron chi connectivity index (χ0n) is 14.6. The molecule has 0 aliphatic carbocycles. The first-order valence-electron chi connectivity index (χ1n) is 8.56. The van der Waals surface area contributed by atoms with Crippen molar-refractivity contribution in [3.8, 4) is 11.5 Å². The molecule has 0 aromatic heterocycles. The fraction of sp³-hybridized carbons (Fsp3) is 0.286. The third-order valence-corrected chi connectivity index (χ3v) is 4.12. The van der Waals surface area contributed by atoms with Crippen LogP contribution in [0.2, 0.25) is 0 Å². The quantitative estimate of drug-likeness (QED) is 0.840. The minimum Gasteiger partial charge on any atom is -0.486 e. The van der Waals surface area contributed by atoms with E-state index >= 15 is 0 Å². The highest BCUT2D eigenvalue weighted by atomic mass is 16.6. The summed E-state index contributed by atoms with van der Waals surface area (Å²) in [6.45, 7) is 5.29. The molecular formula is C21H23NO3. The summed E-state index contributed by atoms with van der Waals surface area (Å²) in [5.74, 6) is 1.63. The monoisotopic (exact) mass is 337 g/mol. The van der Waals surface area contributed by atoms with Crippen molar-refractivity contribution < 1.29 is 14.3 Å². The van der Waals surface area contributed by atoms with Crippen molar-refractivity contribution in [1.82, 2.24) is 5.32 Å². The van der Waals surface area contributed by atoms with E-state index in [-0.39, 0.29) is 17.9 Å². The van der Waals surface area contributed by atoms with Crippen molar-refractivity contribution in [2.24, 2.45) is 5.92 Å². The Hall–Kier alpha value is -2.75. The maximum atomic E-state index is 12.3. The standard InChI is InChI=1S/C21H23NO3/c1-15(2)21(17-9-10-18-19(14-17)25-13-12-24-18)22-20(23)11-8-16-6-4-3-5-7-16/h3-11,14-15,21H,12-13H2,1-2H3,(H,22,23)/b11-8+. The van der Waals surface area contributed by atoms with Gasteiger partial charge >= 0.3 is 0 Å². The number of rotatable bonds is 5. The number of hydrogen-bond donors (Lipinski definition) is 1. The van der Waals surface area contributed by atoms with Crippen LogP contribution in [0, 0.1) is 5.92 Å². The van der Waals surface area contributed by atoms with E-state index in [1.165, 1.54) is 0 Å². The molecule has 0 spiro atoms. The molecule has 130 valence electrons. The van der Waals surface area contributed by atoms with Gasteiger partial charge in [-0.1, -0.05) is 50.2 Å². The second-order valence-corrected chi connectivity index (χ2v) is 6.38. The normalized spacial score (nSPS) is 14.5. The van der Waals surface area contributed by atoms with Crippen LogP contribution in [0.5, 0.6) is 11.5 Å². The van der Waals surface area contributed by atoms with Crippen LogP contribution in [0.15, 0.2) is 54.6 Å². The molecule has 0 radical (unpaired) electrons. The van der Waals surface area contributed by atoms with Crippen molar-refractivity contribution in [2.45, 2.75) is 19.9 Å². The second kappa shape index (κ2) is 7.88. The average Bonchev–Trinajstić information content (AvgIpc) is 2.64. The van der Waals surface area contributed by atoms with Gasteiger partial charge in [0.1, 0.15) is 13.2 Å². The summed E-state index contributed by atoms with van der Waals surface area (Å²) >= 11 is 0. The fourth-order valence-corrected chi connectivity index (χ4v) is 2.83. The first kappa shape index (κ1) is 17.1. The zero-order chi connectivity index (χ0) is 17.6. The smallest absolute Gasteiger partial charge is 0.244 e. The first-order valence-corrected chi connectivity index (χ1v) is 8.56. The van der Waals surface area contributed by atoms with Crippen LogP contribution in [0.1, 0.15) is 31.0 Å². The molecule has 1 aliphatic heterocycles. The molecular weight excluding hydrogens is 314 g/mol. The average molecular weight is 337 g/mol. The number of ether oxygens (including phenoxy) is 2. The topological polar surface area (TPSA) is 47.6 Å². The second-order valence-electron chi connectivity index (χ2n) is 6.38. The molecule has 4 nitrogen and oxygen atoms in total. The van der Waals surface area contributed by atoms with E-state index in [0.29, 0.717) is 13.2 Å². The zero-order valence-corrected chi connectivity index (χ0v) is 14.6. The van der Waals surface area contributed by atoms with E-state index in [9.17, 15) is 4.79 Å². The Balaban J connectivity index is 1.73. The van der Waals surface area contributed by atoms with E-state index in [4.69, 9.17) is 9.47 Å². The first-order chi connectivity index (χ1) is 12.1. The van der Waals surface area contributed by atoms with E-state index in [0.717, 1.165) is 22.6 Å². The summed E-state index contributed by atoms with van der Waals surface area (Å²) in [5.41, 5.74) is 2.01. The van der Waals surface area contributed by atoms with Crippen molar-refractivity contribution >= 4 is 12.0 Å².